The molecule has 0 aliphatic carbocycles. The zero-order valence-electron chi connectivity index (χ0n) is 15.4. The average Bonchev–Trinajstić information content (AvgIpc) is 2.55. The third-order valence-corrected chi connectivity index (χ3v) is 4.29. The molecular weight excluding hydrogens is 303 g/mol. The molecule has 0 heterocycles. The van der Waals surface area contributed by atoms with Crippen molar-refractivity contribution in [2.75, 3.05) is 14.2 Å². The molecule has 1 unspecified atom stereocenters. The normalized spacial score (nSPS) is 13.0. The fraction of sp³-hybridized carbons (Fsp3) is 0.429. The predicted molar refractivity (Wildman–Crippen MR) is 97.0 cm³/mol. The molecule has 0 saturated heterocycles. The van der Waals surface area contributed by atoms with Gasteiger partial charge in [-0.3, -0.25) is 0 Å². The highest BCUT2D eigenvalue weighted by atomic mass is 19.1. The van der Waals surface area contributed by atoms with Gasteiger partial charge in [-0.1, -0.05) is 45.9 Å². The SMILES string of the molecule is CCc1ccc(-c2cc(OC)ccc2F)c(C(OC)C(C)(C)C)c1. The summed E-state index contributed by atoms with van der Waals surface area (Å²) in [5, 5.41) is 0. The molecule has 0 saturated carbocycles. The molecule has 1 atom stereocenters. The first-order valence-corrected chi connectivity index (χ1v) is 8.31. The quantitative estimate of drug-likeness (QED) is 0.690. The highest BCUT2D eigenvalue weighted by Crippen LogP contribution is 2.42. The van der Waals surface area contributed by atoms with E-state index in [0.29, 0.717) is 11.3 Å². The van der Waals surface area contributed by atoms with E-state index in [4.69, 9.17) is 9.47 Å². The number of hydrogen-bond donors (Lipinski definition) is 0. The Morgan fingerprint density at radius 1 is 1.00 bits per heavy atom. The average molecular weight is 330 g/mol. The molecular formula is C21H27FO2. The molecule has 0 spiro atoms. The Hall–Kier alpha value is -1.87. The van der Waals surface area contributed by atoms with Gasteiger partial charge in [-0.2, -0.15) is 0 Å². The monoisotopic (exact) mass is 330 g/mol. The van der Waals surface area contributed by atoms with Crippen molar-refractivity contribution in [3.05, 3.63) is 53.3 Å². The first kappa shape index (κ1) is 18.5. The van der Waals surface area contributed by atoms with Gasteiger partial charge in [0.25, 0.3) is 0 Å². The van der Waals surface area contributed by atoms with E-state index in [1.165, 1.54) is 11.6 Å². The minimum absolute atomic E-state index is 0.106. The zero-order valence-corrected chi connectivity index (χ0v) is 15.4. The number of methoxy groups -OCH3 is 2. The fourth-order valence-electron chi connectivity index (χ4n) is 3.08. The summed E-state index contributed by atoms with van der Waals surface area (Å²) < 4.78 is 25.6. The van der Waals surface area contributed by atoms with Crippen LogP contribution in [0.25, 0.3) is 11.1 Å². The van der Waals surface area contributed by atoms with Crippen LogP contribution in [0.5, 0.6) is 5.75 Å². The van der Waals surface area contributed by atoms with E-state index in [2.05, 4.69) is 33.8 Å². The van der Waals surface area contributed by atoms with E-state index in [0.717, 1.165) is 17.5 Å². The van der Waals surface area contributed by atoms with Crippen molar-refractivity contribution in [1.82, 2.24) is 0 Å². The van der Waals surface area contributed by atoms with Crippen LogP contribution < -0.4 is 4.74 Å². The van der Waals surface area contributed by atoms with E-state index in [1.54, 1.807) is 26.4 Å². The third kappa shape index (κ3) is 3.78. The van der Waals surface area contributed by atoms with Crippen molar-refractivity contribution in [3.8, 4) is 16.9 Å². The Balaban J connectivity index is 2.70. The summed E-state index contributed by atoms with van der Waals surface area (Å²) in [6, 6.07) is 11.0. The van der Waals surface area contributed by atoms with Crippen molar-refractivity contribution in [2.24, 2.45) is 5.41 Å². The molecule has 24 heavy (non-hydrogen) atoms. The van der Waals surface area contributed by atoms with Crippen molar-refractivity contribution in [2.45, 2.75) is 40.2 Å². The van der Waals surface area contributed by atoms with Crippen LogP contribution in [0, 0.1) is 11.2 Å². The van der Waals surface area contributed by atoms with E-state index in [9.17, 15) is 4.39 Å². The van der Waals surface area contributed by atoms with Gasteiger partial charge in [-0.05, 0) is 46.7 Å². The maximum atomic E-state index is 14.5. The number of ether oxygens (including phenoxy) is 2. The molecule has 2 nitrogen and oxygen atoms in total. The van der Waals surface area contributed by atoms with Gasteiger partial charge in [0, 0.05) is 12.7 Å². The van der Waals surface area contributed by atoms with E-state index in [-0.39, 0.29) is 17.3 Å². The molecule has 0 fully saturated rings. The Kier molecular flexibility index (Phi) is 5.66. The number of halogens is 1. The Morgan fingerprint density at radius 3 is 2.25 bits per heavy atom. The summed E-state index contributed by atoms with van der Waals surface area (Å²) in [7, 11) is 3.30. The maximum Gasteiger partial charge on any atom is 0.131 e. The lowest BCUT2D eigenvalue weighted by Gasteiger charge is -2.32. The first-order valence-electron chi connectivity index (χ1n) is 8.31. The van der Waals surface area contributed by atoms with Crippen LogP contribution in [0.3, 0.4) is 0 Å². The van der Waals surface area contributed by atoms with Crippen molar-refractivity contribution in [3.63, 3.8) is 0 Å². The van der Waals surface area contributed by atoms with Gasteiger partial charge < -0.3 is 9.47 Å². The molecule has 0 aliphatic heterocycles. The molecule has 0 aliphatic rings. The summed E-state index contributed by atoms with van der Waals surface area (Å²) in [5.41, 5.74) is 3.51. The summed E-state index contributed by atoms with van der Waals surface area (Å²) in [6.45, 7) is 8.51. The maximum absolute atomic E-state index is 14.5. The van der Waals surface area contributed by atoms with Crippen molar-refractivity contribution in [1.29, 1.82) is 0 Å². The minimum Gasteiger partial charge on any atom is -0.497 e. The Bertz CT molecular complexity index is 701. The minimum atomic E-state index is -0.259. The number of aryl methyl sites for hydroxylation is 1. The molecule has 0 bridgehead atoms. The van der Waals surface area contributed by atoms with Crippen molar-refractivity contribution < 1.29 is 13.9 Å². The smallest absolute Gasteiger partial charge is 0.131 e. The molecule has 0 N–H and O–H groups in total. The predicted octanol–water partition coefficient (Wildman–Crippen LogP) is 5.80. The molecule has 0 radical (unpaired) electrons. The van der Waals surface area contributed by atoms with Crippen LogP contribution in [0.2, 0.25) is 0 Å². The molecule has 0 amide bonds. The van der Waals surface area contributed by atoms with Gasteiger partial charge in [0.2, 0.25) is 0 Å². The molecule has 2 aromatic carbocycles. The van der Waals surface area contributed by atoms with Crippen LogP contribution in [0.15, 0.2) is 36.4 Å². The lowest BCUT2D eigenvalue weighted by atomic mass is 9.81. The second kappa shape index (κ2) is 7.35. The number of rotatable bonds is 5. The van der Waals surface area contributed by atoms with Gasteiger partial charge in [-0.15, -0.1) is 0 Å². The number of benzene rings is 2. The summed E-state index contributed by atoms with van der Waals surface area (Å²) in [5.74, 6) is 0.381. The summed E-state index contributed by atoms with van der Waals surface area (Å²) >= 11 is 0. The van der Waals surface area contributed by atoms with Crippen LogP contribution >= 0.6 is 0 Å². The topological polar surface area (TPSA) is 18.5 Å². The van der Waals surface area contributed by atoms with Gasteiger partial charge in [0.1, 0.15) is 11.6 Å². The second-order valence-corrected chi connectivity index (χ2v) is 7.10. The van der Waals surface area contributed by atoms with E-state index in [1.807, 2.05) is 12.1 Å². The van der Waals surface area contributed by atoms with E-state index < -0.39 is 0 Å². The van der Waals surface area contributed by atoms with Crippen LogP contribution in [0.1, 0.15) is 44.9 Å². The molecule has 2 aromatic rings. The molecule has 2 rings (SSSR count). The largest absolute Gasteiger partial charge is 0.497 e. The van der Waals surface area contributed by atoms with Gasteiger partial charge in [0.05, 0.1) is 13.2 Å². The summed E-state index contributed by atoms with van der Waals surface area (Å²) in [6.07, 6.45) is 0.790. The third-order valence-electron chi connectivity index (χ3n) is 4.29. The first-order chi connectivity index (χ1) is 11.3. The van der Waals surface area contributed by atoms with Crippen LogP contribution in [-0.4, -0.2) is 14.2 Å². The summed E-state index contributed by atoms with van der Waals surface area (Å²) in [4.78, 5) is 0. The molecule has 130 valence electrons. The van der Waals surface area contributed by atoms with Crippen LogP contribution in [-0.2, 0) is 11.2 Å². The number of hydrogen-bond acceptors (Lipinski definition) is 2. The van der Waals surface area contributed by atoms with Crippen LogP contribution in [0.4, 0.5) is 4.39 Å². The van der Waals surface area contributed by atoms with Gasteiger partial charge >= 0.3 is 0 Å². The highest BCUT2D eigenvalue weighted by molar-refractivity contribution is 5.70. The zero-order chi connectivity index (χ0) is 17.9. The highest BCUT2D eigenvalue weighted by Gasteiger charge is 2.29. The standard InChI is InChI=1S/C21H27FO2/c1-7-14-8-10-16(17-13-15(23-5)9-11-19(17)22)18(12-14)20(24-6)21(2,3)4/h8-13,20H,7H2,1-6H3. The molecule has 0 aromatic heterocycles. The van der Waals surface area contributed by atoms with E-state index >= 15 is 0 Å². The van der Waals surface area contributed by atoms with Gasteiger partial charge in [0.15, 0.2) is 0 Å². The molecule has 3 heteroatoms. The fourth-order valence-corrected chi connectivity index (χ4v) is 3.08. The Labute approximate surface area is 144 Å². The lowest BCUT2D eigenvalue weighted by molar-refractivity contribution is 0.0155. The van der Waals surface area contributed by atoms with Crippen molar-refractivity contribution >= 4 is 0 Å². The second-order valence-electron chi connectivity index (χ2n) is 7.10. The lowest BCUT2D eigenvalue weighted by Crippen LogP contribution is -2.21. The van der Waals surface area contributed by atoms with Gasteiger partial charge in [-0.25, -0.2) is 4.39 Å². The Morgan fingerprint density at radius 2 is 1.71 bits per heavy atom.